The van der Waals surface area contributed by atoms with Gasteiger partial charge in [0.2, 0.25) is 0 Å². The highest BCUT2D eigenvalue weighted by Gasteiger charge is 2.33. The van der Waals surface area contributed by atoms with Gasteiger partial charge in [-0.3, -0.25) is 0 Å². The first-order valence-corrected chi connectivity index (χ1v) is 9.66. The van der Waals surface area contributed by atoms with Crippen LogP contribution < -0.4 is 5.32 Å². The van der Waals surface area contributed by atoms with Gasteiger partial charge in [-0.2, -0.15) is 4.31 Å². The molecule has 1 saturated heterocycles. The molecule has 1 N–H and O–H groups in total. The smallest absolute Gasteiger partial charge is 0.252 e. The van der Waals surface area contributed by atoms with Crippen molar-refractivity contribution in [3.8, 4) is 0 Å². The zero-order valence-electron chi connectivity index (χ0n) is 12.5. The molecule has 1 aromatic rings. The highest BCUT2D eigenvalue weighted by Crippen LogP contribution is 2.31. The lowest BCUT2D eigenvalue weighted by Crippen LogP contribution is -2.46. The van der Waals surface area contributed by atoms with E-state index in [0.29, 0.717) is 30.0 Å². The average molecular weight is 330 g/mol. The first-order chi connectivity index (χ1) is 9.98. The molecule has 1 aliphatic heterocycles. The molecule has 0 bridgehead atoms. The minimum absolute atomic E-state index is 0.0980. The first kappa shape index (κ1) is 15.4. The van der Waals surface area contributed by atoms with Crippen LogP contribution in [0.4, 0.5) is 0 Å². The standard InChI is InChI=1S/C14H22N2O3S2/c1-10-7-14(20-13(10)8-15-12-3-4-12)21(17,18)16-5-6-19-9-11(16)2/h7,11-12,15H,3-6,8-9H2,1-2H3. The van der Waals surface area contributed by atoms with Crippen molar-refractivity contribution in [1.29, 1.82) is 0 Å². The van der Waals surface area contributed by atoms with Crippen LogP contribution >= 0.6 is 11.3 Å². The summed E-state index contributed by atoms with van der Waals surface area (Å²) < 4.78 is 32.9. The van der Waals surface area contributed by atoms with Crippen LogP contribution in [0.15, 0.2) is 10.3 Å². The monoisotopic (exact) mass is 330 g/mol. The lowest BCUT2D eigenvalue weighted by atomic mass is 10.3. The van der Waals surface area contributed by atoms with Crippen LogP contribution in [0.3, 0.4) is 0 Å². The summed E-state index contributed by atoms with van der Waals surface area (Å²) in [6.45, 7) is 6.05. The van der Waals surface area contributed by atoms with Gasteiger partial charge < -0.3 is 10.1 Å². The van der Waals surface area contributed by atoms with Gasteiger partial charge in [0.25, 0.3) is 10.0 Å². The molecule has 5 nitrogen and oxygen atoms in total. The van der Waals surface area contributed by atoms with E-state index in [1.165, 1.54) is 24.2 Å². The molecule has 7 heteroatoms. The summed E-state index contributed by atoms with van der Waals surface area (Å²) in [5, 5.41) is 3.45. The number of hydrogen-bond acceptors (Lipinski definition) is 5. The lowest BCUT2D eigenvalue weighted by Gasteiger charge is -2.31. The summed E-state index contributed by atoms with van der Waals surface area (Å²) >= 11 is 1.40. The fourth-order valence-electron chi connectivity index (χ4n) is 2.50. The van der Waals surface area contributed by atoms with Gasteiger partial charge in [0, 0.05) is 30.1 Å². The minimum Gasteiger partial charge on any atom is -0.378 e. The molecule has 0 aromatic carbocycles. The zero-order chi connectivity index (χ0) is 15.0. The normalized spacial score (nSPS) is 24.4. The summed E-state index contributed by atoms with van der Waals surface area (Å²) in [5.41, 5.74) is 1.06. The van der Waals surface area contributed by atoms with Crippen molar-refractivity contribution in [3.63, 3.8) is 0 Å². The van der Waals surface area contributed by atoms with Crippen LogP contribution in [0.25, 0.3) is 0 Å². The third-order valence-electron chi connectivity index (χ3n) is 4.00. The van der Waals surface area contributed by atoms with E-state index in [1.54, 1.807) is 4.31 Å². The van der Waals surface area contributed by atoms with E-state index in [4.69, 9.17) is 4.74 Å². The van der Waals surface area contributed by atoms with Crippen molar-refractivity contribution in [2.75, 3.05) is 19.8 Å². The van der Waals surface area contributed by atoms with Crippen LogP contribution in [-0.2, 0) is 21.3 Å². The fraction of sp³-hybridized carbons (Fsp3) is 0.714. The van der Waals surface area contributed by atoms with Crippen molar-refractivity contribution >= 4 is 21.4 Å². The Balaban J connectivity index is 1.79. The molecule has 21 heavy (non-hydrogen) atoms. The van der Waals surface area contributed by atoms with Crippen LogP contribution in [0, 0.1) is 6.92 Å². The third kappa shape index (κ3) is 3.32. The summed E-state index contributed by atoms with van der Waals surface area (Å²) in [6, 6.07) is 2.34. The Labute approximate surface area is 130 Å². The van der Waals surface area contributed by atoms with E-state index < -0.39 is 10.0 Å². The van der Waals surface area contributed by atoms with Crippen molar-refractivity contribution in [3.05, 3.63) is 16.5 Å². The Morgan fingerprint density at radius 2 is 2.24 bits per heavy atom. The number of morpholine rings is 1. The second-order valence-electron chi connectivity index (χ2n) is 5.87. The number of rotatable bonds is 5. The molecule has 0 amide bonds. The van der Waals surface area contributed by atoms with Crippen molar-refractivity contribution in [2.24, 2.45) is 0 Å². The second-order valence-corrected chi connectivity index (χ2v) is 9.12. The predicted molar refractivity (Wildman–Crippen MR) is 83.1 cm³/mol. The lowest BCUT2D eigenvalue weighted by molar-refractivity contribution is 0.0393. The van der Waals surface area contributed by atoms with Gasteiger partial charge in [-0.05, 0) is 38.3 Å². The van der Waals surface area contributed by atoms with Crippen molar-refractivity contribution in [2.45, 2.75) is 49.5 Å². The highest BCUT2D eigenvalue weighted by molar-refractivity contribution is 7.91. The number of aryl methyl sites for hydroxylation is 1. The molecule has 3 rings (SSSR count). The van der Waals surface area contributed by atoms with Crippen LogP contribution in [0.1, 0.15) is 30.2 Å². The Kier molecular flexibility index (Phi) is 4.38. The van der Waals surface area contributed by atoms with Gasteiger partial charge in [-0.1, -0.05) is 0 Å². The van der Waals surface area contributed by atoms with Crippen LogP contribution in [0.2, 0.25) is 0 Å². The number of ether oxygens (including phenoxy) is 1. The molecule has 1 unspecified atom stereocenters. The molecule has 2 fully saturated rings. The summed E-state index contributed by atoms with van der Waals surface area (Å²) in [6.07, 6.45) is 2.47. The van der Waals surface area contributed by atoms with E-state index in [0.717, 1.165) is 17.0 Å². The van der Waals surface area contributed by atoms with Crippen LogP contribution in [0.5, 0.6) is 0 Å². The van der Waals surface area contributed by atoms with E-state index in [1.807, 2.05) is 19.9 Å². The molecule has 1 aromatic heterocycles. The maximum absolute atomic E-state index is 12.8. The number of nitrogens with one attached hydrogen (secondary N) is 1. The second kappa shape index (κ2) is 5.96. The Hall–Kier alpha value is -0.470. The van der Waals surface area contributed by atoms with Crippen molar-refractivity contribution < 1.29 is 13.2 Å². The molecule has 0 radical (unpaired) electrons. The van der Waals surface area contributed by atoms with Gasteiger partial charge >= 0.3 is 0 Å². The molecule has 1 atom stereocenters. The van der Waals surface area contributed by atoms with Gasteiger partial charge in [-0.15, -0.1) is 11.3 Å². The van der Waals surface area contributed by atoms with E-state index in [2.05, 4.69) is 5.32 Å². The number of hydrogen-bond donors (Lipinski definition) is 1. The Morgan fingerprint density at radius 3 is 2.90 bits per heavy atom. The SMILES string of the molecule is Cc1cc(S(=O)(=O)N2CCOCC2C)sc1CNC1CC1. The number of thiophene rings is 1. The largest absolute Gasteiger partial charge is 0.378 e. The maximum atomic E-state index is 12.8. The van der Waals surface area contributed by atoms with Gasteiger partial charge in [0.1, 0.15) is 4.21 Å². The van der Waals surface area contributed by atoms with E-state index >= 15 is 0 Å². The molecule has 2 heterocycles. The number of sulfonamides is 1. The molecule has 118 valence electrons. The molecule has 1 aliphatic carbocycles. The van der Waals surface area contributed by atoms with Crippen molar-refractivity contribution in [1.82, 2.24) is 9.62 Å². The topological polar surface area (TPSA) is 58.6 Å². The fourth-order valence-corrected chi connectivity index (χ4v) is 5.77. The average Bonchev–Trinajstić information content (AvgIpc) is 3.19. The van der Waals surface area contributed by atoms with Gasteiger partial charge in [0.05, 0.1) is 13.2 Å². The van der Waals surface area contributed by atoms with Gasteiger partial charge in [0.15, 0.2) is 0 Å². The number of nitrogens with zero attached hydrogens (tertiary/aromatic N) is 1. The molecular weight excluding hydrogens is 308 g/mol. The highest BCUT2D eigenvalue weighted by atomic mass is 32.2. The Bertz CT molecular complexity index is 608. The van der Waals surface area contributed by atoms with E-state index in [9.17, 15) is 8.42 Å². The third-order valence-corrected chi connectivity index (χ3v) is 7.70. The van der Waals surface area contributed by atoms with E-state index in [-0.39, 0.29) is 6.04 Å². The summed E-state index contributed by atoms with van der Waals surface area (Å²) in [7, 11) is -3.39. The first-order valence-electron chi connectivity index (χ1n) is 7.41. The minimum atomic E-state index is -3.39. The summed E-state index contributed by atoms with van der Waals surface area (Å²) in [4.78, 5) is 1.13. The molecule has 0 spiro atoms. The molecule has 1 saturated carbocycles. The summed E-state index contributed by atoms with van der Waals surface area (Å²) in [5.74, 6) is 0. The zero-order valence-corrected chi connectivity index (χ0v) is 14.1. The predicted octanol–water partition coefficient (Wildman–Crippen LogP) is 1.72. The maximum Gasteiger partial charge on any atom is 0.252 e. The van der Waals surface area contributed by atoms with Crippen LogP contribution in [-0.4, -0.2) is 44.6 Å². The van der Waals surface area contributed by atoms with Gasteiger partial charge in [-0.25, -0.2) is 8.42 Å². The Morgan fingerprint density at radius 1 is 1.48 bits per heavy atom. The molecule has 2 aliphatic rings. The quantitative estimate of drug-likeness (QED) is 0.893. The molecular formula is C14H22N2O3S2.